The summed E-state index contributed by atoms with van der Waals surface area (Å²) in [5, 5.41) is 12.0. The monoisotopic (exact) mass is 1260 g/mol. The van der Waals surface area contributed by atoms with E-state index in [4.69, 9.17) is 97.0 Å². The summed E-state index contributed by atoms with van der Waals surface area (Å²) < 4.78 is 12.3. The second-order valence-corrected chi connectivity index (χ2v) is 21.2. The van der Waals surface area contributed by atoms with E-state index in [2.05, 4.69) is 61.0 Å². The van der Waals surface area contributed by atoms with Gasteiger partial charge in [0.2, 0.25) is 0 Å². The number of hydrogen-bond acceptors (Lipinski definition) is 10. The van der Waals surface area contributed by atoms with Crippen molar-refractivity contribution in [1.82, 2.24) is 19.8 Å². The number of nitrogens with zero attached hydrogens (tertiary/aromatic N) is 4. The molecule has 0 atom stereocenters. The van der Waals surface area contributed by atoms with E-state index in [0.717, 1.165) is 47.8 Å². The number of nitrogens with one attached hydrogen (secondary N) is 2. The van der Waals surface area contributed by atoms with E-state index in [0.29, 0.717) is 107 Å². The predicted molar refractivity (Wildman–Crippen MR) is 328 cm³/mol. The van der Waals surface area contributed by atoms with Gasteiger partial charge in [0.1, 0.15) is 24.8 Å². The van der Waals surface area contributed by atoms with Gasteiger partial charge in [-0.05, 0) is 149 Å². The minimum Gasteiger partial charge on any atom is -0.489 e. The third-order valence-corrected chi connectivity index (χ3v) is 14.0. The molecule has 12 nitrogen and oxygen atoms in total. The molecule has 0 radical (unpaired) electrons. The molecule has 77 heavy (non-hydrogen) atoms. The summed E-state index contributed by atoms with van der Waals surface area (Å²) in [6, 6.07) is 28.0. The first-order valence-electron chi connectivity index (χ1n) is 23.3. The lowest BCUT2D eigenvalue weighted by Crippen LogP contribution is -2.19. The van der Waals surface area contributed by atoms with Gasteiger partial charge in [-0.2, -0.15) is 0 Å². The van der Waals surface area contributed by atoms with Gasteiger partial charge in [-0.25, -0.2) is 9.97 Å². The van der Waals surface area contributed by atoms with E-state index in [1.54, 1.807) is 67.0 Å². The molecule has 0 aliphatic rings. The van der Waals surface area contributed by atoms with Crippen molar-refractivity contribution in [2.75, 3.05) is 76.6 Å². The predicted octanol–water partition coefficient (Wildman–Crippen LogP) is 14.2. The Balaban J connectivity index is 0.000000211. The molecule has 8 rings (SSSR count). The first kappa shape index (κ1) is 60.0. The number of nitrogens with two attached hydrogens (primary N) is 2. The number of benzene rings is 6. The number of fused-ring (bicyclic) bond motifs is 2. The van der Waals surface area contributed by atoms with Crippen LogP contribution < -0.4 is 31.6 Å². The fourth-order valence-electron chi connectivity index (χ4n) is 7.05. The zero-order valence-electron chi connectivity index (χ0n) is 42.5. The van der Waals surface area contributed by atoms with Crippen LogP contribution in [0.1, 0.15) is 48.5 Å². The summed E-state index contributed by atoms with van der Waals surface area (Å²) in [5.41, 5.74) is 17.4. The zero-order valence-corrected chi connectivity index (χ0v) is 49.2. The molecule has 8 aromatic rings. The molecule has 2 amide bonds. The number of aromatic nitrogens is 2. The third kappa shape index (κ3) is 16.6. The second kappa shape index (κ2) is 27.9. The van der Waals surface area contributed by atoms with Crippen molar-refractivity contribution >= 4 is 149 Å². The highest BCUT2D eigenvalue weighted by Gasteiger charge is 2.16. The average Bonchev–Trinajstić information content (AvgIpc) is 3.37. The van der Waals surface area contributed by atoms with E-state index in [1.807, 2.05) is 94.3 Å². The van der Waals surface area contributed by atoms with E-state index >= 15 is 0 Å². The van der Waals surface area contributed by atoms with Crippen LogP contribution in [0.15, 0.2) is 109 Å². The van der Waals surface area contributed by atoms with Gasteiger partial charge in [0, 0.05) is 90.7 Å². The van der Waals surface area contributed by atoms with Gasteiger partial charge in [-0.15, -0.1) is 6.42 Å². The number of carbonyl (C=O) groups is 2. The van der Waals surface area contributed by atoms with Crippen molar-refractivity contribution in [2.24, 2.45) is 0 Å². The summed E-state index contributed by atoms with van der Waals surface area (Å²) in [6.07, 6.45) is 8.89. The van der Waals surface area contributed by atoms with Crippen molar-refractivity contribution in [2.45, 2.75) is 13.8 Å². The molecular weight excluding hydrogens is 1210 g/mol. The molecular formula is C58H51Cl6IN8O4. The van der Waals surface area contributed by atoms with Gasteiger partial charge in [-0.3, -0.25) is 9.59 Å². The Morgan fingerprint density at radius 1 is 0.597 bits per heavy atom. The number of anilines is 4. The smallest absolute Gasteiger partial charge is 0.255 e. The van der Waals surface area contributed by atoms with Gasteiger partial charge in [-0.1, -0.05) is 112 Å². The summed E-state index contributed by atoms with van der Waals surface area (Å²) in [6.45, 7) is 6.14. The molecule has 0 aliphatic heterocycles. The van der Waals surface area contributed by atoms with Crippen molar-refractivity contribution in [3.8, 4) is 35.7 Å². The highest BCUT2D eigenvalue weighted by Crippen LogP contribution is 2.38. The molecule has 0 saturated heterocycles. The zero-order chi connectivity index (χ0) is 56.1. The fourth-order valence-corrected chi connectivity index (χ4v) is 9.19. The van der Waals surface area contributed by atoms with Gasteiger partial charge in [0.05, 0.1) is 29.2 Å². The maximum absolute atomic E-state index is 13.0. The number of amides is 2. The number of pyridine rings is 2. The lowest BCUT2D eigenvalue weighted by atomic mass is 10.0. The maximum Gasteiger partial charge on any atom is 0.255 e. The molecule has 0 unspecified atom stereocenters. The summed E-state index contributed by atoms with van der Waals surface area (Å²) >= 11 is 39.5. The number of halogens is 7. The highest BCUT2D eigenvalue weighted by atomic mass is 127. The largest absolute Gasteiger partial charge is 0.489 e. The Morgan fingerprint density at radius 3 is 1.49 bits per heavy atom. The Bertz CT molecular complexity index is 3560. The molecule has 6 aromatic carbocycles. The van der Waals surface area contributed by atoms with Gasteiger partial charge in [0.25, 0.3) is 11.8 Å². The van der Waals surface area contributed by atoms with Gasteiger partial charge >= 0.3 is 0 Å². The van der Waals surface area contributed by atoms with Gasteiger partial charge in [0.15, 0.2) is 11.5 Å². The molecule has 0 aliphatic carbocycles. The highest BCUT2D eigenvalue weighted by molar-refractivity contribution is 14.1. The lowest BCUT2D eigenvalue weighted by molar-refractivity contribution is 0.101. The van der Waals surface area contributed by atoms with Crippen LogP contribution >= 0.6 is 92.2 Å². The van der Waals surface area contributed by atoms with Crippen molar-refractivity contribution in [3.63, 3.8) is 0 Å². The third-order valence-electron chi connectivity index (χ3n) is 11.3. The van der Waals surface area contributed by atoms with Crippen molar-refractivity contribution < 1.29 is 19.1 Å². The summed E-state index contributed by atoms with van der Waals surface area (Å²) in [4.78, 5) is 37.8. The molecule has 0 bridgehead atoms. The van der Waals surface area contributed by atoms with Crippen molar-refractivity contribution in [1.29, 1.82) is 0 Å². The van der Waals surface area contributed by atoms with Crippen LogP contribution in [0.5, 0.6) is 11.5 Å². The van der Waals surface area contributed by atoms with Crippen LogP contribution in [0, 0.1) is 41.6 Å². The molecule has 0 fully saturated rings. The fraction of sp³-hybridized carbons (Fsp3) is 0.172. The first-order chi connectivity index (χ1) is 36.6. The molecule has 2 aromatic heterocycles. The first-order valence-corrected chi connectivity index (χ1v) is 26.7. The molecule has 0 saturated carbocycles. The van der Waals surface area contributed by atoms with Crippen LogP contribution in [-0.2, 0) is 0 Å². The number of rotatable bonds is 12. The number of hydrogen-bond donors (Lipinski definition) is 4. The summed E-state index contributed by atoms with van der Waals surface area (Å²) in [5.74, 6) is 9.83. The van der Waals surface area contributed by atoms with Crippen LogP contribution in [0.4, 0.5) is 23.0 Å². The van der Waals surface area contributed by atoms with Crippen LogP contribution in [0.25, 0.3) is 21.5 Å². The number of aryl methyl sites for hydroxylation is 2. The Labute approximate surface area is 491 Å². The molecule has 396 valence electrons. The minimum absolute atomic E-state index is 0.296. The van der Waals surface area contributed by atoms with E-state index < -0.39 is 0 Å². The topological polar surface area (TPSA) is 161 Å². The Hall–Kier alpha value is -6.21. The molecule has 0 spiro atoms. The van der Waals surface area contributed by atoms with Gasteiger partial charge < -0.3 is 41.4 Å². The number of likely N-dealkylation sites (N-methyl/N-ethyl adjacent to an activating group) is 2. The normalized spacial score (nSPS) is 10.7. The number of ether oxygens (including phenoxy) is 2. The molecule has 2 heterocycles. The van der Waals surface area contributed by atoms with E-state index in [-0.39, 0.29) is 11.8 Å². The standard InChI is InChI=1S/C29H25Cl3N4O2.C20H20Cl2N2O2.C9H6ClIN2/c1-17-4-5-19(29(37)35-22-14-25(31)27(26(32)15-22)38-11-10-36(2)3)12-18(17)7-9-23-24-13-21(30)8-6-20(24)16-34-28(23)33;1-5-14-10-15(7-6-13(14)2)20(25)23-16-11-17(21)19(18(22)12-16)26-9-8-24(3)4;10-6-2-1-5-4-13-9(12)8(11)7(5)3-6/h4-6,8,12-16H,10-11H2,1-3H3,(H2,33,34)(H,35,37);1,6-7,10-12H,8-9H2,2-4H3,(H,23,25);1-4H,(H2,12,13). The molecule has 6 N–H and O–H groups in total. The second-order valence-electron chi connectivity index (χ2n) is 17.6. The lowest BCUT2D eigenvalue weighted by Gasteiger charge is -2.14. The van der Waals surface area contributed by atoms with Crippen molar-refractivity contribution in [3.05, 3.63) is 182 Å². The Morgan fingerprint density at radius 2 is 1.03 bits per heavy atom. The minimum atomic E-state index is -0.334. The van der Waals surface area contributed by atoms with Crippen LogP contribution in [-0.4, -0.2) is 86.1 Å². The molecule has 19 heteroatoms. The van der Waals surface area contributed by atoms with E-state index in [9.17, 15) is 9.59 Å². The SMILES string of the molecule is C#Cc1cc(C(=O)Nc2cc(Cl)c(OCCN(C)C)c(Cl)c2)ccc1C.Cc1ccc(C(=O)Nc2cc(Cl)c(OCCN(C)C)c(Cl)c2)cc1C#Cc1c(N)ncc2ccc(Cl)cc12.Nc1ncc2ccc(Cl)cc2c1I. The number of carbonyl (C=O) groups excluding carboxylic acids is 2. The number of terminal acetylenes is 1. The quantitative estimate of drug-likeness (QED) is 0.0685. The van der Waals surface area contributed by atoms with Crippen LogP contribution in [0.3, 0.4) is 0 Å². The van der Waals surface area contributed by atoms with E-state index in [1.165, 1.54) is 0 Å². The van der Waals surface area contributed by atoms with Crippen LogP contribution in [0.2, 0.25) is 30.1 Å². The summed E-state index contributed by atoms with van der Waals surface area (Å²) in [7, 11) is 7.78. The number of nitrogen functional groups attached to an aromatic ring is 2. The Kier molecular flexibility index (Phi) is 21.8. The maximum atomic E-state index is 13.0. The average molecular weight is 1260 g/mol.